The molecule has 0 amide bonds. The smallest absolute Gasteiger partial charge is 0.153 e. The lowest BCUT2D eigenvalue weighted by Gasteiger charge is -2.04. The van der Waals surface area contributed by atoms with Gasteiger partial charge in [0, 0.05) is 6.20 Å². The van der Waals surface area contributed by atoms with Gasteiger partial charge in [-0.25, -0.2) is 4.52 Å². The molecule has 0 N–H and O–H groups in total. The highest BCUT2D eigenvalue weighted by Crippen LogP contribution is 2.20. The van der Waals surface area contributed by atoms with Crippen LogP contribution in [0.15, 0.2) is 18.5 Å². The fraction of sp³-hybridized carbons (Fsp3) is 0.111. The highest BCUT2D eigenvalue weighted by atomic mass is 16.5. The number of ether oxygens (including phenoxy) is 1. The van der Waals surface area contributed by atoms with Crippen LogP contribution in [-0.4, -0.2) is 30.9 Å². The zero-order valence-corrected chi connectivity index (χ0v) is 8.02. The fourth-order valence-electron chi connectivity index (χ4n) is 1.48. The summed E-state index contributed by atoms with van der Waals surface area (Å²) in [5.41, 5.74) is 2.30. The van der Waals surface area contributed by atoms with Crippen molar-refractivity contribution in [1.29, 1.82) is 0 Å². The van der Waals surface area contributed by atoms with Crippen molar-refractivity contribution in [2.75, 3.05) is 7.11 Å². The molecule has 70 valence electrons. The normalized spacial score (nSPS) is 10.4. The third-order valence-corrected chi connectivity index (χ3v) is 2.09. The van der Waals surface area contributed by atoms with Gasteiger partial charge in [0.1, 0.15) is 19.1 Å². The van der Waals surface area contributed by atoms with E-state index in [1.807, 2.05) is 20.1 Å². The average Bonchev–Trinajstić information content (AvgIpc) is 2.59. The van der Waals surface area contributed by atoms with Crippen molar-refractivity contribution in [3.63, 3.8) is 0 Å². The number of methoxy groups -OCH3 is 1. The molecule has 2 rings (SSSR count). The minimum atomic E-state index is 0.543. The highest BCUT2D eigenvalue weighted by Gasteiger charge is 2.09. The summed E-state index contributed by atoms with van der Waals surface area (Å²) < 4.78 is 6.84. The molecule has 0 atom stereocenters. The van der Waals surface area contributed by atoms with Crippen LogP contribution < -0.4 is 10.2 Å². The van der Waals surface area contributed by atoms with Gasteiger partial charge in [-0.15, -0.1) is 0 Å². The van der Waals surface area contributed by atoms with Gasteiger partial charge in [-0.05, 0) is 6.07 Å². The third kappa shape index (κ3) is 1.17. The summed E-state index contributed by atoms with van der Waals surface area (Å²) in [6, 6.07) is 1.88. The lowest BCUT2D eigenvalue weighted by Crippen LogP contribution is -2.07. The van der Waals surface area contributed by atoms with Gasteiger partial charge in [0.25, 0.3) is 0 Å². The quantitative estimate of drug-likeness (QED) is 0.467. The molecular weight excluding hydrogens is 179 g/mol. The van der Waals surface area contributed by atoms with E-state index in [4.69, 9.17) is 4.74 Å². The van der Waals surface area contributed by atoms with Crippen molar-refractivity contribution >= 4 is 25.1 Å². The number of aromatic nitrogens is 2. The third-order valence-electron chi connectivity index (χ3n) is 2.09. The highest BCUT2D eigenvalue weighted by molar-refractivity contribution is 6.32. The van der Waals surface area contributed by atoms with Gasteiger partial charge in [-0.1, -0.05) is 5.46 Å². The minimum absolute atomic E-state index is 0.543. The Kier molecular flexibility index (Phi) is 2.00. The first-order valence-electron chi connectivity index (χ1n) is 4.23. The molecule has 0 aliphatic rings. The Morgan fingerprint density at radius 1 is 1.64 bits per heavy atom. The Morgan fingerprint density at radius 3 is 3.07 bits per heavy atom. The second kappa shape index (κ2) is 3.18. The van der Waals surface area contributed by atoms with Crippen LogP contribution in [0.3, 0.4) is 0 Å². The molecule has 0 aromatic carbocycles. The molecule has 0 bridgehead atoms. The Bertz CT molecular complexity index is 493. The molecule has 2 aromatic heterocycles. The first-order chi connectivity index (χ1) is 6.76. The minimum Gasteiger partial charge on any atom is -0.494 e. The van der Waals surface area contributed by atoms with Crippen LogP contribution in [0.5, 0.6) is 5.75 Å². The number of hydrogen-bond acceptors (Lipinski definition) is 3. The topological polar surface area (TPSA) is 43.6 Å². The predicted molar refractivity (Wildman–Crippen MR) is 55.3 cm³/mol. The maximum atomic E-state index is 10.7. The molecule has 0 saturated carbocycles. The summed E-state index contributed by atoms with van der Waals surface area (Å²) in [4.78, 5) is 10.7. The summed E-state index contributed by atoms with van der Waals surface area (Å²) in [6.07, 6.45) is 4.16. The summed E-state index contributed by atoms with van der Waals surface area (Å²) in [7, 11) is 3.53. The maximum Gasteiger partial charge on any atom is 0.153 e. The number of aldehydes is 1. The van der Waals surface area contributed by atoms with E-state index in [9.17, 15) is 4.79 Å². The molecule has 0 aliphatic heterocycles. The molecule has 0 unspecified atom stereocenters. The number of fused-ring (bicyclic) bond motifs is 1. The number of pyridine rings is 1. The van der Waals surface area contributed by atoms with E-state index < -0.39 is 0 Å². The van der Waals surface area contributed by atoms with E-state index in [1.54, 1.807) is 11.6 Å². The van der Waals surface area contributed by atoms with Crippen molar-refractivity contribution in [3.8, 4) is 5.75 Å². The number of carbonyl (C=O) groups is 1. The van der Waals surface area contributed by atoms with Crippen molar-refractivity contribution in [3.05, 3.63) is 24.0 Å². The molecule has 5 heteroatoms. The summed E-state index contributed by atoms with van der Waals surface area (Å²) in [5.74, 6) is 0.671. The van der Waals surface area contributed by atoms with Crippen LogP contribution in [0.1, 0.15) is 10.4 Å². The molecule has 0 saturated heterocycles. The van der Waals surface area contributed by atoms with Crippen LogP contribution in [0.2, 0.25) is 0 Å². The van der Waals surface area contributed by atoms with Crippen LogP contribution in [0.4, 0.5) is 0 Å². The van der Waals surface area contributed by atoms with Crippen LogP contribution in [-0.2, 0) is 0 Å². The predicted octanol–water partition coefficient (Wildman–Crippen LogP) is -0.586. The molecule has 2 aromatic rings. The molecule has 2 heterocycles. The van der Waals surface area contributed by atoms with E-state index in [1.165, 1.54) is 6.20 Å². The SMILES string of the molecule is Bc1cc(OC)c2c(C=O)cnn2c1. The summed E-state index contributed by atoms with van der Waals surface area (Å²) in [5, 5.41) is 4.06. The zero-order chi connectivity index (χ0) is 10.1. The van der Waals surface area contributed by atoms with Gasteiger partial charge in [0.15, 0.2) is 6.29 Å². The molecule has 0 aliphatic carbocycles. The Balaban J connectivity index is 2.85. The van der Waals surface area contributed by atoms with Crippen LogP contribution in [0, 0.1) is 0 Å². The second-order valence-electron chi connectivity index (χ2n) is 3.10. The van der Waals surface area contributed by atoms with Crippen molar-refractivity contribution in [1.82, 2.24) is 9.61 Å². The fourth-order valence-corrected chi connectivity index (χ4v) is 1.48. The Hall–Kier alpha value is -1.78. The number of rotatable bonds is 2. The van der Waals surface area contributed by atoms with Gasteiger partial charge in [0.2, 0.25) is 0 Å². The molecular formula is C9H9BN2O2. The molecule has 0 fully saturated rings. The van der Waals surface area contributed by atoms with Gasteiger partial charge in [-0.2, -0.15) is 5.10 Å². The monoisotopic (exact) mass is 188 g/mol. The number of nitrogens with zero attached hydrogens (tertiary/aromatic N) is 2. The van der Waals surface area contributed by atoms with E-state index in [0.717, 1.165) is 11.7 Å². The largest absolute Gasteiger partial charge is 0.494 e. The molecule has 4 nitrogen and oxygen atoms in total. The van der Waals surface area contributed by atoms with E-state index in [-0.39, 0.29) is 0 Å². The zero-order valence-electron chi connectivity index (χ0n) is 8.02. The van der Waals surface area contributed by atoms with Crippen LogP contribution in [0.25, 0.3) is 5.52 Å². The first-order valence-corrected chi connectivity index (χ1v) is 4.23. The number of hydrogen-bond donors (Lipinski definition) is 0. The van der Waals surface area contributed by atoms with Gasteiger partial charge < -0.3 is 4.74 Å². The van der Waals surface area contributed by atoms with Gasteiger partial charge in [0.05, 0.1) is 18.9 Å². The van der Waals surface area contributed by atoms with Crippen molar-refractivity contribution < 1.29 is 9.53 Å². The van der Waals surface area contributed by atoms with Crippen molar-refractivity contribution in [2.45, 2.75) is 0 Å². The van der Waals surface area contributed by atoms with E-state index >= 15 is 0 Å². The van der Waals surface area contributed by atoms with Crippen molar-refractivity contribution in [2.24, 2.45) is 0 Å². The first kappa shape index (κ1) is 8.81. The molecule has 0 spiro atoms. The summed E-state index contributed by atoms with van der Waals surface area (Å²) in [6.45, 7) is 0. The number of carbonyl (C=O) groups excluding carboxylic acids is 1. The van der Waals surface area contributed by atoms with E-state index in [0.29, 0.717) is 16.8 Å². The maximum absolute atomic E-state index is 10.7. The van der Waals surface area contributed by atoms with Gasteiger partial charge in [-0.3, -0.25) is 4.79 Å². The standard InChI is InChI=1S/C9H9BN2O2/c1-14-8-2-7(10)4-12-9(8)6(5-13)3-11-12/h2-5H,10H2,1H3. The molecule has 14 heavy (non-hydrogen) atoms. The van der Waals surface area contributed by atoms with Gasteiger partial charge >= 0.3 is 0 Å². The Labute approximate surface area is 81.9 Å². The second-order valence-corrected chi connectivity index (χ2v) is 3.10. The van der Waals surface area contributed by atoms with E-state index in [2.05, 4.69) is 5.10 Å². The average molecular weight is 188 g/mol. The summed E-state index contributed by atoms with van der Waals surface area (Å²) >= 11 is 0. The van der Waals surface area contributed by atoms with Crippen LogP contribution >= 0.6 is 0 Å². The lowest BCUT2D eigenvalue weighted by atomic mass is 9.98. The molecule has 0 radical (unpaired) electrons. The lowest BCUT2D eigenvalue weighted by molar-refractivity contribution is 0.112. The Morgan fingerprint density at radius 2 is 2.43 bits per heavy atom.